The second-order valence-corrected chi connectivity index (χ2v) is 5.75. The van der Waals surface area contributed by atoms with Gasteiger partial charge in [0.05, 0.1) is 0 Å². The van der Waals surface area contributed by atoms with E-state index in [0.717, 1.165) is 11.3 Å². The van der Waals surface area contributed by atoms with Crippen LogP contribution in [0.2, 0.25) is 4.47 Å². The highest BCUT2D eigenvalue weighted by molar-refractivity contribution is 7.17. The van der Waals surface area contributed by atoms with Gasteiger partial charge in [0.2, 0.25) is 15.4 Å². The van der Waals surface area contributed by atoms with Gasteiger partial charge in [0.15, 0.2) is 0 Å². The van der Waals surface area contributed by atoms with Gasteiger partial charge in [-0.1, -0.05) is 11.3 Å². The highest BCUT2D eigenvalue weighted by Gasteiger charge is 2.25. The molecule has 0 bridgehead atoms. The number of nitrogens with zero attached hydrogens (tertiary/aromatic N) is 6. The van der Waals surface area contributed by atoms with Crippen molar-refractivity contribution in [3.05, 3.63) is 27.9 Å². The number of hydrogen-bond acceptors (Lipinski definition) is 7. The third kappa shape index (κ3) is 2.70. The standard InChI is InChI=1S/C11H11ClN6OS/c12-10-16-15-8(20-10)9(19)17-4-6-18(7-5-17)11-13-2-1-3-14-11/h1-3H,4-7H2. The minimum Gasteiger partial charge on any atom is -0.337 e. The van der Waals surface area contributed by atoms with Gasteiger partial charge in [-0.25, -0.2) is 9.97 Å². The first-order valence-corrected chi connectivity index (χ1v) is 7.24. The number of piperazine rings is 1. The van der Waals surface area contributed by atoms with Crippen molar-refractivity contribution in [1.29, 1.82) is 0 Å². The van der Waals surface area contributed by atoms with Gasteiger partial charge in [0.1, 0.15) is 0 Å². The molecule has 0 aromatic carbocycles. The van der Waals surface area contributed by atoms with Crippen molar-refractivity contribution < 1.29 is 4.79 Å². The van der Waals surface area contributed by atoms with E-state index in [1.807, 2.05) is 0 Å². The Morgan fingerprint density at radius 2 is 1.85 bits per heavy atom. The van der Waals surface area contributed by atoms with Crippen LogP contribution in [0, 0.1) is 0 Å². The molecule has 1 aliphatic heterocycles. The first kappa shape index (κ1) is 13.2. The van der Waals surface area contributed by atoms with Crippen molar-refractivity contribution in [3.63, 3.8) is 0 Å². The highest BCUT2D eigenvalue weighted by atomic mass is 35.5. The van der Waals surface area contributed by atoms with Crippen LogP contribution in [0.15, 0.2) is 18.5 Å². The molecular weight excluding hydrogens is 300 g/mol. The van der Waals surface area contributed by atoms with Gasteiger partial charge >= 0.3 is 0 Å². The molecule has 20 heavy (non-hydrogen) atoms. The Labute approximate surface area is 124 Å². The zero-order valence-corrected chi connectivity index (χ0v) is 12.0. The Morgan fingerprint density at radius 3 is 2.45 bits per heavy atom. The van der Waals surface area contributed by atoms with Gasteiger partial charge < -0.3 is 9.80 Å². The molecule has 1 amide bonds. The number of hydrogen-bond donors (Lipinski definition) is 0. The molecule has 104 valence electrons. The molecule has 0 unspecified atom stereocenters. The summed E-state index contributed by atoms with van der Waals surface area (Å²) in [6.07, 6.45) is 3.42. The van der Waals surface area contributed by atoms with Crippen LogP contribution < -0.4 is 4.90 Å². The molecule has 0 aliphatic carbocycles. The van der Waals surface area contributed by atoms with E-state index in [2.05, 4.69) is 25.1 Å². The molecule has 0 N–H and O–H groups in total. The first-order valence-electron chi connectivity index (χ1n) is 6.04. The lowest BCUT2D eigenvalue weighted by Crippen LogP contribution is -2.49. The average Bonchev–Trinajstić information content (AvgIpc) is 2.94. The van der Waals surface area contributed by atoms with Crippen LogP contribution in [0.25, 0.3) is 0 Å². The molecule has 0 spiro atoms. The quantitative estimate of drug-likeness (QED) is 0.822. The topological polar surface area (TPSA) is 75.1 Å². The monoisotopic (exact) mass is 310 g/mol. The van der Waals surface area contributed by atoms with Crippen molar-refractivity contribution in [2.45, 2.75) is 0 Å². The van der Waals surface area contributed by atoms with Crippen LogP contribution in [0.5, 0.6) is 0 Å². The van der Waals surface area contributed by atoms with Crippen molar-refractivity contribution >= 4 is 34.8 Å². The highest BCUT2D eigenvalue weighted by Crippen LogP contribution is 2.18. The maximum Gasteiger partial charge on any atom is 0.285 e. The Balaban J connectivity index is 1.63. The molecule has 3 rings (SSSR count). The number of amides is 1. The summed E-state index contributed by atoms with van der Waals surface area (Å²) in [5.41, 5.74) is 0. The third-order valence-electron chi connectivity index (χ3n) is 2.99. The van der Waals surface area contributed by atoms with Crippen molar-refractivity contribution in [2.75, 3.05) is 31.1 Å². The summed E-state index contributed by atoms with van der Waals surface area (Å²) in [5, 5.41) is 7.76. The van der Waals surface area contributed by atoms with Crippen LogP contribution in [0.4, 0.5) is 5.95 Å². The van der Waals surface area contributed by atoms with Crippen molar-refractivity contribution in [1.82, 2.24) is 25.1 Å². The van der Waals surface area contributed by atoms with E-state index in [-0.39, 0.29) is 10.4 Å². The molecule has 1 fully saturated rings. The van der Waals surface area contributed by atoms with Crippen LogP contribution >= 0.6 is 22.9 Å². The number of aromatic nitrogens is 4. The number of carbonyl (C=O) groups is 1. The largest absolute Gasteiger partial charge is 0.337 e. The minimum absolute atomic E-state index is 0.122. The molecule has 1 aliphatic rings. The minimum atomic E-state index is -0.122. The van der Waals surface area contributed by atoms with Crippen LogP contribution in [-0.2, 0) is 0 Å². The van der Waals surface area contributed by atoms with Crippen LogP contribution in [0.3, 0.4) is 0 Å². The number of rotatable bonds is 2. The Hall–Kier alpha value is -1.80. The van der Waals surface area contributed by atoms with E-state index in [9.17, 15) is 4.79 Å². The van der Waals surface area contributed by atoms with Gasteiger partial charge in [-0.2, -0.15) is 0 Å². The van der Waals surface area contributed by atoms with E-state index in [1.165, 1.54) is 0 Å². The summed E-state index contributed by atoms with van der Waals surface area (Å²) in [7, 11) is 0. The predicted octanol–water partition coefficient (Wildman–Crippen LogP) is 0.944. The summed E-state index contributed by atoms with van der Waals surface area (Å²) < 4.78 is 0.282. The molecule has 0 radical (unpaired) electrons. The van der Waals surface area contributed by atoms with E-state index < -0.39 is 0 Å². The van der Waals surface area contributed by atoms with E-state index >= 15 is 0 Å². The predicted molar refractivity (Wildman–Crippen MR) is 75.1 cm³/mol. The Bertz CT molecular complexity index is 598. The second kappa shape index (κ2) is 5.68. The zero-order valence-electron chi connectivity index (χ0n) is 10.4. The van der Waals surface area contributed by atoms with Gasteiger partial charge in [-0.05, 0) is 17.7 Å². The van der Waals surface area contributed by atoms with Gasteiger partial charge in [-0.15, -0.1) is 10.2 Å². The second-order valence-electron chi connectivity index (χ2n) is 4.19. The van der Waals surface area contributed by atoms with Crippen molar-refractivity contribution in [3.8, 4) is 0 Å². The summed E-state index contributed by atoms with van der Waals surface area (Å²) >= 11 is 6.80. The van der Waals surface area contributed by atoms with Gasteiger partial charge in [0.25, 0.3) is 5.91 Å². The summed E-state index contributed by atoms with van der Waals surface area (Å²) in [4.78, 5) is 24.4. The first-order chi connectivity index (χ1) is 9.74. The SMILES string of the molecule is O=C(c1nnc(Cl)s1)N1CCN(c2ncccn2)CC1. The fourth-order valence-corrected chi connectivity index (χ4v) is 2.79. The maximum absolute atomic E-state index is 12.2. The Kier molecular flexibility index (Phi) is 3.75. The number of carbonyl (C=O) groups excluding carboxylic acids is 1. The fourth-order valence-electron chi connectivity index (χ4n) is 1.99. The molecule has 0 saturated carbocycles. The van der Waals surface area contributed by atoms with E-state index in [1.54, 1.807) is 23.4 Å². The molecule has 2 aromatic heterocycles. The number of halogens is 1. The third-order valence-corrected chi connectivity index (χ3v) is 3.99. The summed E-state index contributed by atoms with van der Waals surface area (Å²) in [6.45, 7) is 2.60. The molecule has 1 saturated heterocycles. The van der Waals surface area contributed by atoms with E-state index in [4.69, 9.17) is 11.6 Å². The summed E-state index contributed by atoms with van der Waals surface area (Å²) in [5.74, 6) is 0.571. The lowest BCUT2D eigenvalue weighted by molar-refractivity contribution is 0.0745. The van der Waals surface area contributed by atoms with Crippen molar-refractivity contribution in [2.24, 2.45) is 0 Å². The molecule has 3 heterocycles. The molecule has 9 heteroatoms. The zero-order chi connectivity index (χ0) is 13.9. The fraction of sp³-hybridized carbons (Fsp3) is 0.364. The van der Waals surface area contributed by atoms with Gasteiger partial charge in [0, 0.05) is 38.6 Å². The van der Waals surface area contributed by atoms with E-state index in [0.29, 0.717) is 37.1 Å². The lowest BCUT2D eigenvalue weighted by atomic mass is 10.3. The average molecular weight is 311 g/mol. The summed E-state index contributed by atoms with van der Waals surface area (Å²) in [6, 6.07) is 1.78. The number of anilines is 1. The Morgan fingerprint density at radius 1 is 1.15 bits per heavy atom. The smallest absolute Gasteiger partial charge is 0.285 e. The van der Waals surface area contributed by atoms with Gasteiger partial charge in [-0.3, -0.25) is 4.79 Å². The molecule has 0 atom stereocenters. The lowest BCUT2D eigenvalue weighted by Gasteiger charge is -2.34. The van der Waals surface area contributed by atoms with Crippen LogP contribution in [-0.4, -0.2) is 57.2 Å². The normalized spacial score (nSPS) is 15.4. The van der Waals surface area contributed by atoms with Crippen LogP contribution in [0.1, 0.15) is 9.80 Å². The molecule has 7 nitrogen and oxygen atoms in total. The molecule has 2 aromatic rings. The molecular formula is C11H11ClN6OS. The maximum atomic E-state index is 12.2.